The van der Waals surface area contributed by atoms with Gasteiger partial charge >= 0.3 is 11.9 Å². The van der Waals surface area contributed by atoms with Crippen LogP contribution in [0.2, 0.25) is 5.02 Å². The highest BCUT2D eigenvalue weighted by Crippen LogP contribution is 2.30. The Morgan fingerprint density at radius 3 is 2.03 bits per heavy atom. The second-order valence-corrected chi connectivity index (χ2v) is 9.16. The zero-order valence-electron chi connectivity index (χ0n) is 20.3. The molecule has 0 amide bonds. The molecule has 0 radical (unpaired) electrons. The van der Waals surface area contributed by atoms with Crippen molar-refractivity contribution in [3.05, 3.63) is 107 Å². The predicted molar refractivity (Wildman–Crippen MR) is 146 cm³/mol. The van der Waals surface area contributed by atoms with Crippen molar-refractivity contribution >= 4 is 45.3 Å². The van der Waals surface area contributed by atoms with Crippen LogP contribution in [-0.4, -0.2) is 27.1 Å². The zero-order chi connectivity index (χ0) is 26.5. The molecule has 0 spiro atoms. The number of ether oxygens (including phenoxy) is 1. The summed E-state index contributed by atoms with van der Waals surface area (Å²) >= 11 is 6.01. The van der Waals surface area contributed by atoms with E-state index in [4.69, 9.17) is 26.6 Å². The Kier molecular flexibility index (Phi) is 7.80. The van der Waals surface area contributed by atoms with Crippen LogP contribution in [0.4, 0.5) is 0 Å². The number of aromatic amines is 1. The number of nitrogens with one attached hydrogen (secondary N) is 1. The lowest BCUT2D eigenvalue weighted by Gasteiger charge is -2.10. The lowest BCUT2D eigenvalue weighted by Crippen LogP contribution is -2.07. The molecule has 6 nitrogen and oxygen atoms in total. The zero-order valence-corrected chi connectivity index (χ0v) is 21.1. The lowest BCUT2D eigenvalue weighted by atomic mass is 10.00. The highest BCUT2D eigenvalue weighted by molar-refractivity contribution is 6.31. The van der Waals surface area contributed by atoms with Gasteiger partial charge in [0.05, 0.1) is 11.8 Å². The van der Waals surface area contributed by atoms with Crippen molar-refractivity contribution in [1.82, 2.24) is 4.98 Å². The van der Waals surface area contributed by atoms with E-state index in [-0.39, 0.29) is 0 Å². The number of fused-ring (bicyclic) bond motifs is 3. The van der Waals surface area contributed by atoms with Crippen LogP contribution in [0.5, 0.6) is 11.5 Å². The summed E-state index contributed by atoms with van der Waals surface area (Å²) < 4.78 is 5.66. The van der Waals surface area contributed by atoms with Crippen LogP contribution in [0.1, 0.15) is 36.8 Å². The molecule has 0 aliphatic carbocycles. The van der Waals surface area contributed by atoms with Gasteiger partial charge in [-0.15, -0.1) is 0 Å². The predicted octanol–water partition coefficient (Wildman–Crippen LogP) is 7.83. The summed E-state index contributed by atoms with van der Waals surface area (Å²) in [4.78, 5) is 25.2. The average molecular weight is 516 g/mol. The molecule has 3 N–H and O–H groups in total. The standard InChI is InChI=1S/C15H12ClNO2.C15H14O3/c1-8(15(18)19)9-2-4-11-12-7-10(16)3-5-13(12)17-14(11)6-9;1-11(15(16)17)12-6-5-9-14(10-12)18-13-7-3-2-4-8-13/h2-8,17H,1H3,(H,18,19);2-11H,1H3,(H,16,17). The molecule has 2 unspecified atom stereocenters. The molecular weight excluding hydrogens is 490 g/mol. The Morgan fingerprint density at radius 2 is 1.35 bits per heavy atom. The molecule has 2 atom stereocenters. The van der Waals surface area contributed by atoms with Gasteiger partial charge in [-0.1, -0.05) is 54.1 Å². The molecule has 1 aromatic heterocycles. The van der Waals surface area contributed by atoms with Crippen molar-refractivity contribution in [2.75, 3.05) is 0 Å². The first-order valence-electron chi connectivity index (χ1n) is 11.7. The van der Waals surface area contributed by atoms with Gasteiger partial charge in [0, 0.05) is 26.8 Å². The SMILES string of the molecule is CC(C(=O)O)c1ccc2c(c1)[nH]c1ccc(Cl)cc12.CC(C(=O)O)c1cccc(Oc2ccccc2)c1. The number of carboxylic acid groups (broad SMARTS) is 2. The molecule has 0 aliphatic rings. The van der Waals surface area contributed by atoms with Crippen molar-refractivity contribution < 1.29 is 24.5 Å². The minimum atomic E-state index is -0.841. The molecule has 0 saturated carbocycles. The molecule has 0 bridgehead atoms. The maximum Gasteiger partial charge on any atom is 0.310 e. The fraction of sp³-hybridized carbons (Fsp3) is 0.133. The number of halogens is 1. The number of aromatic nitrogens is 1. The molecule has 0 fully saturated rings. The molecule has 37 heavy (non-hydrogen) atoms. The number of para-hydroxylation sites is 1. The Labute approximate surface area is 219 Å². The summed E-state index contributed by atoms with van der Waals surface area (Å²) in [6.07, 6.45) is 0. The highest BCUT2D eigenvalue weighted by atomic mass is 35.5. The fourth-order valence-corrected chi connectivity index (χ4v) is 4.09. The Balaban J connectivity index is 0.000000173. The van der Waals surface area contributed by atoms with E-state index in [0.29, 0.717) is 10.8 Å². The summed E-state index contributed by atoms with van der Waals surface area (Å²) in [5.74, 6) is -1.33. The minimum absolute atomic E-state index is 0.514. The maximum atomic E-state index is 11.0. The van der Waals surface area contributed by atoms with Gasteiger partial charge in [0.1, 0.15) is 11.5 Å². The number of carbonyl (C=O) groups is 2. The first-order valence-corrected chi connectivity index (χ1v) is 12.1. The number of aliphatic carboxylic acids is 2. The minimum Gasteiger partial charge on any atom is -0.481 e. The summed E-state index contributed by atoms with van der Waals surface area (Å²) in [7, 11) is 0. The number of hydrogen-bond acceptors (Lipinski definition) is 3. The van der Waals surface area contributed by atoms with Crippen molar-refractivity contribution in [2.45, 2.75) is 25.7 Å². The second-order valence-electron chi connectivity index (χ2n) is 8.73. The third-order valence-electron chi connectivity index (χ3n) is 6.16. The van der Waals surface area contributed by atoms with E-state index in [1.165, 1.54) is 0 Å². The largest absolute Gasteiger partial charge is 0.481 e. The first kappa shape index (κ1) is 25.8. The second kappa shape index (κ2) is 11.2. The molecule has 5 aromatic rings. The van der Waals surface area contributed by atoms with Crippen LogP contribution < -0.4 is 4.74 Å². The van der Waals surface area contributed by atoms with E-state index in [0.717, 1.165) is 38.7 Å². The van der Waals surface area contributed by atoms with Gasteiger partial charge in [-0.25, -0.2) is 0 Å². The van der Waals surface area contributed by atoms with Crippen molar-refractivity contribution in [1.29, 1.82) is 0 Å². The van der Waals surface area contributed by atoms with Crippen molar-refractivity contribution in [3.63, 3.8) is 0 Å². The van der Waals surface area contributed by atoms with Crippen molar-refractivity contribution in [3.8, 4) is 11.5 Å². The summed E-state index contributed by atoms with van der Waals surface area (Å²) in [5.41, 5.74) is 3.45. The topological polar surface area (TPSA) is 99.6 Å². The Morgan fingerprint density at radius 1 is 0.703 bits per heavy atom. The van der Waals surface area contributed by atoms with Gasteiger partial charge in [0.25, 0.3) is 0 Å². The van der Waals surface area contributed by atoms with Gasteiger partial charge in [-0.2, -0.15) is 0 Å². The monoisotopic (exact) mass is 515 g/mol. The number of H-pyrrole nitrogens is 1. The van der Waals surface area contributed by atoms with Crippen LogP contribution in [-0.2, 0) is 9.59 Å². The molecule has 0 saturated heterocycles. The summed E-state index contributed by atoms with van der Waals surface area (Å²) in [6, 6.07) is 27.9. The third-order valence-corrected chi connectivity index (χ3v) is 6.40. The summed E-state index contributed by atoms with van der Waals surface area (Å²) in [5, 5.41) is 20.8. The highest BCUT2D eigenvalue weighted by Gasteiger charge is 2.15. The van der Waals surface area contributed by atoms with Gasteiger partial charge in [-0.05, 0) is 73.5 Å². The van der Waals surface area contributed by atoms with Crippen LogP contribution in [0, 0.1) is 0 Å². The molecule has 0 aliphatic heterocycles. The number of benzene rings is 4. The van der Waals surface area contributed by atoms with Gasteiger partial charge in [-0.3, -0.25) is 9.59 Å². The smallest absolute Gasteiger partial charge is 0.310 e. The van der Waals surface area contributed by atoms with E-state index in [1.807, 2.05) is 72.8 Å². The Hall–Kier alpha value is -4.29. The van der Waals surface area contributed by atoms with E-state index < -0.39 is 23.8 Å². The van der Waals surface area contributed by atoms with Crippen molar-refractivity contribution in [2.24, 2.45) is 0 Å². The van der Waals surface area contributed by atoms with E-state index in [1.54, 1.807) is 32.0 Å². The first-order chi connectivity index (χ1) is 17.7. The molecule has 5 rings (SSSR count). The molecule has 4 aromatic carbocycles. The molecule has 7 heteroatoms. The lowest BCUT2D eigenvalue weighted by molar-refractivity contribution is -0.139. The van der Waals surface area contributed by atoms with Crippen LogP contribution in [0.25, 0.3) is 21.8 Å². The normalized spacial score (nSPS) is 12.4. The average Bonchev–Trinajstić information content (AvgIpc) is 3.25. The quantitative estimate of drug-likeness (QED) is 0.214. The van der Waals surface area contributed by atoms with Gasteiger partial charge in [0.2, 0.25) is 0 Å². The molecular formula is C30H26ClNO5. The fourth-order valence-electron chi connectivity index (χ4n) is 3.92. The number of rotatable bonds is 6. The van der Waals surface area contributed by atoms with Crippen LogP contribution >= 0.6 is 11.6 Å². The number of carboxylic acids is 2. The Bertz CT molecular complexity index is 1560. The summed E-state index contributed by atoms with van der Waals surface area (Å²) in [6.45, 7) is 3.34. The maximum absolute atomic E-state index is 11.0. The number of hydrogen-bond donors (Lipinski definition) is 3. The van der Waals surface area contributed by atoms with Crippen LogP contribution in [0.15, 0.2) is 91.0 Å². The van der Waals surface area contributed by atoms with E-state index in [2.05, 4.69) is 4.98 Å². The van der Waals surface area contributed by atoms with Gasteiger partial charge < -0.3 is 19.9 Å². The van der Waals surface area contributed by atoms with Crippen LogP contribution in [0.3, 0.4) is 0 Å². The van der Waals surface area contributed by atoms with E-state index in [9.17, 15) is 9.59 Å². The third kappa shape index (κ3) is 6.11. The molecule has 188 valence electrons. The molecule has 1 heterocycles. The van der Waals surface area contributed by atoms with Gasteiger partial charge in [0.15, 0.2) is 0 Å². The van der Waals surface area contributed by atoms with E-state index >= 15 is 0 Å².